The van der Waals surface area contributed by atoms with E-state index < -0.39 is 18.0 Å². The zero-order chi connectivity index (χ0) is 8.93. The quantitative estimate of drug-likeness (QED) is 0.658. The van der Waals surface area contributed by atoms with Crippen molar-refractivity contribution in [3.05, 3.63) is 0 Å². The van der Waals surface area contributed by atoms with Crippen molar-refractivity contribution >= 4 is 12.4 Å². The second kappa shape index (κ2) is 3.31. The molecule has 0 aromatic carbocycles. The number of hydrogen-bond acceptors (Lipinski definition) is 1. The zero-order valence-electron chi connectivity index (χ0n) is 7.05. The molecule has 0 aromatic rings. The molecular formula is C8H13ClF3N. The van der Waals surface area contributed by atoms with Crippen LogP contribution < -0.4 is 5.73 Å². The van der Waals surface area contributed by atoms with Crippen molar-refractivity contribution in [2.75, 3.05) is 0 Å². The predicted octanol–water partition coefficient (Wildman–Crippen LogP) is 2.14. The molecule has 0 spiro atoms. The van der Waals surface area contributed by atoms with E-state index in [1.165, 1.54) is 0 Å². The Morgan fingerprint density at radius 2 is 1.85 bits per heavy atom. The molecule has 2 aliphatic rings. The molecule has 0 aromatic heterocycles. The summed E-state index contributed by atoms with van der Waals surface area (Å²) in [6.45, 7) is 0. The third kappa shape index (κ3) is 1.66. The van der Waals surface area contributed by atoms with E-state index in [0.29, 0.717) is 12.8 Å². The van der Waals surface area contributed by atoms with Gasteiger partial charge in [-0.1, -0.05) is 0 Å². The molecule has 0 aliphatic heterocycles. The van der Waals surface area contributed by atoms with Gasteiger partial charge in [0.1, 0.15) is 0 Å². The smallest absolute Gasteiger partial charge is 0.279 e. The summed E-state index contributed by atoms with van der Waals surface area (Å²) in [5.74, 6) is -3.74. The maximum absolute atomic E-state index is 13.0. The molecule has 13 heavy (non-hydrogen) atoms. The van der Waals surface area contributed by atoms with E-state index in [9.17, 15) is 13.2 Å². The number of halogens is 4. The fourth-order valence-electron chi connectivity index (χ4n) is 2.57. The molecule has 2 N–H and O–H groups in total. The third-order valence-electron chi connectivity index (χ3n) is 3.10. The van der Waals surface area contributed by atoms with Crippen molar-refractivity contribution in [3.63, 3.8) is 0 Å². The number of fused-ring (bicyclic) bond motifs is 1. The van der Waals surface area contributed by atoms with Crippen molar-refractivity contribution in [2.24, 2.45) is 17.6 Å². The summed E-state index contributed by atoms with van der Waals surface area (Å²) in [7, 11) is 0. The highest BCUT2D eigenvalue weighted by Crippen LogP contribution is 2.52. The number of rotatable bonds is 0. The second-order valence-electron chi connectivity index (χ2n) is 4.02. The average Bonchev–Trinajstić information content (AvgIpc) is 2.35. The van der Waals surface area contributed by atoms with Gasteiger partial charge < -0.3 is 5.73 Å². The highest BCUT2D eigenvalue weighted by molar-refractivity contribution is 5.85. The molecule has 4 atom stereocenters. The molecule has 2 fully saturated rings. The monoisotopic (exact) mass is 215 g/mol. The van der Waals surface area contributed by atoms with Crippen LogP contribution >= 0.6 is 12.4 Å². The summed E-state index contributed by atoms with van der Waals surface area (Å²) in [6, 6.07) is -0.0608. The molecule has 0 bridgehead atoms. The van der Waals surface area contributed by atoms with Crippen LogP contribution in [-0.2, 0) is 0 Å². The fourth-order valence-corrected chi connectivity index (χ4v) is 2.57. The first-order chi connectivity index (χ1) is 5.50. The lowest BCUT2D eigenvalue weighted by Crippen LogP contribution is -2.29. The first-order valence-corrected chi connectivity index (χ1v) is 4.28. The molecule has 0 saturated heterocycles. The van der Waals surface area contributed by atoms with E-state index in [0.717, 1.165) is 0 Å². The van der Waals surface area contributed by atoms with E-state index in [4.69, 9.17) is 5.73 Å². The van der Waals surface area contributed by atoms with Crippen LogP contribution in [0.4, 0.5) is 13.2 Å². The van der Waals surface area contributed by atoms with Crippen molar-refractivity contribution in [2.45, 2.75) is 37.4 Å². The fraction of sp³-hybridized carbons (Fsp3) is 1.00. The summed E-state index contributed by atoms with van der Waals surface area (Å²) in [5, 5.41) is 0. The average molecular weight is 216 g/mol. The van der Waals surface area contributed by atoms with Crippen LogP contribution in [-0.4, -0.2) is 18.1 Å². The second-order valence-corrected chi connectivity index (χ2v) is 4.02. The Bertz CT molecular complexity index is 200. The van der Waals surface area contributed by atoms with Crippen LogP contribution in [0.2, 0.25) is 0 Å². The molecule has 78 valence electrons. The Labute approximate surface area is 81.3 Å². The number of nitrogens with two attached hydrogens (primary N) is 1. The van der Waals surface area contributed by atoms with E-state index in [1.54, 1.807) is 0 Å². The molecule has 2 rings (SSSR count). The Balaban J connectivity index is 0.000000845. The summed E-state index contributed by atoms with van der Waals surface area (Å²) < 4.78 is 38.6. The largest absolute Gasteiger partial charge is 0.328 e. The van der Waals surface area contributed by atoms with Crippen molar-refractivity contribution in [1.82, 2.24) is 0 Å². The zero-order valence-corrected chi connectivity index (χ0v) is 7.87. The van der Waals surface area contributed by atoms with Crippen molar-refractivity contribution in [3.8, 4) is 0 Å². The normalized spacial score (nSPS) is 47.1. The van der Waals surface area contributed by atoms with Gasteiger partial charge >= 0.3 is 0 Å². The lowest BCUT2D eigenvalue weighted by atomic mass is 10.0. The van der Waals surface area contributed by atoms with E-state index >= 15 is 0 Å². The van der Waals surface area contributed by atoms with Gasteiger partial charge in [-0.25, -0.2) is 13.2 Å². The lowest BCUT2D eigenvalue weighted by Gasteiger charge is -2.15. The summed E-state index contributed by atoms with van der Waals surface area (Å²) in [6.07, 6.45) is -1.25. The van der Waals surface area contributed by atoms with E-state index in [2.05, 4.69) is 0 Å². The minimum absolute atomic E-state index is 0. The first-order valence-electron chi connectivity index (χ1n) is 4.28. The highest BCUT2D eigenvalue weighted by atomic mass is 35.5. The van der Waals surface area contributed by atoms with Crippen LogP contribution in [0.3, 0.4) is 0 Å². The summed E-state index contributed by atoms with van der Waals surface area (Å²) in [5.41, 5.74) is 5.56. The topological polar surface area (TPSA) is 26.0 Å². The van der Waals surface area contributed by atoms with Gasteiger partial charge in [-0.3, -0.25) is 0 Å². The maximum Gasteiger partial charge on any atom is 0.279 e. The molecule has 1 nitrogen and oxygen atoms in total. The van der Waals surface area contributed by atoms with E-state index in [1.807, 2.05) is 0 Å². The minimum atomic E-state index is -3.09. The molecule has 0 amide bonds. The Morgan fingerprint density at radius 1 is 1.23 bits per heavy atom. The molecule has 0 radical (unpaired) electrons. The van der Waals surface area contributed by atoms with Crippen LogP contribution in [0, 0.1) is 11.8 Å². The lowest BCUT2D eigenvalue weighted by molar-refractivity contribution is -0.0625. The summed E-state index contributed by atoms with van der Waals surface area (Å²) >= 11 is 0. The Hall–Kier alpha value is 0.0400. The molecule has 5 heteroatoms. The van der Waals surface area contributed by atoms with Crippen molar-refractivity contribution < 1.29 is 13.2 Å². The molecule has 2 aliphatic carbocycles. The summed E-state index contributed by atoms with van der Waals surface area (Å²) in [4.78, 5) is 0. The van der Waals surface area contributed by atoms with Gasteiger partial charge in [-0.05, 0) is 18.8 Å². The van der Waals surface area contributed by atoms with Crippen LogP contribution in [0.1, 0.15) is 19.3 Å². The molecule has 2 saturated carbocycles. The standard InChI is InChI=1S/C8H12F3N.ClH/c9-7-6-2-5(12)1-4(6)3-8(7,10)11;/h4-7H,1-3,12H2;1H/t4-,5+,6-,7+;/m0./s1. The van der Waals surface area contributed by atoms with Crippen LogP contribution in [0.25, 0.3) is 0 Å². The van der Waals surface area contributed by atoms with Crippen LogP contribution in [0.15, 0.2) is 0 Å². The first kappa shape index (κ1) is 11.1. The molecule has 0 unspecified atom stereocenters. The van der Waals surface area contributed by atoms with Gasteiger partial charge in [0.2, 0.25) is 0 Å². The SMILES string of the molecule is Cl.N[C@@H]1C[C@H]2CC(F)(F)[C@H](F)[C@H]2C1. The Morgan fingerprint density at radius 3 is 2.38 bits per heavy atom. The number of hydrogen-bond donors (Lipinski definition) is 1. The highest BCUT2D eigenvalue weighted by Gasteiger charge is 2.58. The third-order valence-corrected chi connectivity index (χ3v) is 3.10. The predicted molar refractivity (Wildman–Crippen MR) is 45.9 cm³/mol. The Kier molecular flexibility index (Phi) is 2.83. The van der Waals surface area contributed by atoms with E-state index in [-0.39, 0.29) is 30.8 Å². The number of alkyl halides is 3. The van der Waals surface area contributed by atoms with Gasteiger partial charge in [-0.15, -0.1) is 12.4 Å². The molecular weight excluding hydrogens is 203 g/mol. The minimum Gasteiger partial charge on any atom is -0.328 e. The van der Waals surface area contributed by atoms with Gasteiger partial charge in [0, 0.05) is 18.4 Å². The van der Waals surface area contributed by atoms with Crippen molar-refractivity contribution in [1.29, 1.82) is 0 Å². The van der Waals surface area contributed by atoms with Crippen LogP contribution in [0.5, 0.6) is 0 Å². The maximum atomic E-state index is 13.0. The molecule has 0 heterocycles. The van der Waals surface area contributed by atoms with Gasteiger partial charge in [0.05, 0.1) is 0 Å². The van der Waals surface area contributed by atoms with Gasteiger partial charge in [0.25, 0.3) is 5.92 Å². The van der Waals surface area contributed by atoms with Gasteiger partial charge in [0.15, 0.2) is 6.17 Å². The van der Waals surface area contributed by atoms with Gasteiger partial charge in [-0.2, -0.15) is 0 Å².